The lowest BCUT2D eigenvalue weighted by Gasteiger charge is -2.32. The van der Waals surface area contributed by atoms with Crippen molar-refractivity contribution in [3.63, 3.8) is 0 Å². The molecule has 2 amide bonds. The van der Waals surface area contributed by atoms with E-state index in [-0.39, 0.29) is 24.0 Å². The Bertz CT molecular complexity index is 1010. The van der Waals surface area contributed by atoms with E-state index in [2.05, 4.69) is 6.07 Å². The molecule has 156 valence electrons. The molecule has 0 saturated carbocycles. The van der Waals surface area contributed by atoms with Crippen molar-refractivity contribution in [2.75, 3.05) is 11.4 Å². The van der Waals surface area contributed by atoms with Crippen LogP contribution >= 0.6 is 0 Å². The maximum absolute atomic E-state index is 13.4. The van der Waals surface area contributed by atoms with Gasteiger partial charge < -0.3 is 9.64 Å². The van der Waals surface area contributed by atoms with Gasteiger partial charge in [-0.15, -0.1) is 0 Å². The topological polar surface area (TPSA) is 49.9 Å². The zero-order chi connectivity index (χ0) is 21.4. The van der Waals surface area contributed by atoms with Crippen LogP contribution in [0.5, 0.6) is 5.75 Å². The second kappa shape index (κ2) is 7.98. The summed E-state index contributed by atoms with van der Waals surface area (Å²) in [4.78, 5) is 30.2. The van der Waals surface area contributed by atoms with Crippen LogP contribution in [0.25, 0.3) is 5.57 Å². The summed E-state index contributed by atoms with van der Waals surface area (Å²) in [7, 11) is 0. The Balaban J connectivity index is 1.84. The molecule has 5 nitrogen and oxygen atoms in total. The maximum Gasteiger partial charge on any atom is 0.278 e. The highest BCUT2D eigenvalue weighted by Gasteiger charge is 2.43. The summed E-state index contributed by atoms with van der Waals surface area (Å²) in [5.41, 5.74) is 3.92. The zero-order valence-corrected chi connectivity index (χ0v) is 18.0. The molecule has 0 unspecified atom stereocenters. The average Bonchev–Trinajstić information content (AvgIpc) is 2.98. The Labute approximate surface area is 177 Å². The van der Waals surface area contributed by atoms with Crippen molar-refractivity contribution in [3.8, 4) is 5.75 Å². The molecule has 0 saturated heterocycles. The first kappa shape index (κ1) is 20.2. The molecule has 0 spiro atoms. The number of nitrogens with zero attached hydrogens (tertiary/aromatic N) is 2. The summed E-state index contributed by atoms with van der Waals surface area (Å²) in [5, 5.41) is 0. The summed E-state index contributed by atoms with van der Waals surface area (Å²) >= 11 is 0. The minimum absolute atomic E-state index is 0.0709. The third-order valence-electron chi connectivity index (χ3n) is 5.50. The van der Waals surface area contributed by atoms with Crippen LogP contribution in [0.3, 0.4) is 0 Å². The Hall–Kier alpha value is -3.08. The van der Waals surface area contributed by atoms with Gasteiger partial charge in [0.25, 0.3) is 11.8 Å². The summed E-state index contributed by atoms with van der Waals surface area (Å²) in [6.45, 7) is 8.42. The third kappa shape index (κ3) is 3.49. The number of fused-ring (bicyclic) bond motifs is 1. The molecule has 30 heavy (non-hydrogen) atoms. The molecule has 2 aliphatic rings. The third-order valence-corrected chi connectivity index (χ3v) is 5.50. The first-order valence-corrected chi connectivity index (χ1v) is 10.6. The highest BCUT2D eigenvalue weighted by atomic mass is 16.5. The van der Waals surface area contributed by atoms with Gasteiger partial charge in [0.2, 0.25) is 0 Å². The fraction of sp³-hybridized carbons (Fsp3) is 0.360. The SMILES string of the molecule is CC(C)Oc1ccc(C2=C(N3CCCc4ccccc43)C(=O)N(C(C)C)C2=O)cc1. The summed E-state index contributed by atoms with van der Waals surface area (Å²) in [5.74, 6) is 0.298. The zero-order valence-electron chi connectivity index (χ0n) is 18.0. The van der Waals surface area contributed by atoms with Crippen LogP contribution in [0.2, 0.25) is 0 Å². The lowest BCUT2D eigenvalue weighted by atomic mass is 9.98. The maximum atomic E-state index is 13.4. The Morgan fingerprint density at radius 3 is 2.27 bits per heavy atom. The molecule has 5 heteroatoms. The molecular formula is C25H28N2O3. The fourth-order valence-electron chi connectivity index (χ4n) is 4.25. The molecule has 4 rings (SSSR count). The minimum Gasteiger partial charge on any atom is -0.491 e. The van der Waals surface area contributed by atoms with Gasteiger partial charge in [0.05, 0.1) is 11.7 Å². The smallest absolute Gasteiger partial charge is 0.278 e. The van der Waals surface area contributed by atoms with Crippen LogP contribution in [-0.2, 0) is 16.0 Å². The number of aryl methyl sites for hydroxylation is 1. The van der Waals surface area contributed by atoms with Crippen LogP contribution < -0.4 is 9.64 Å². The quantitative estimate of drug-likeness (QED) is 0.693. The molecule has 0 atom stereocenters. The molecule has 0 radical (unpaired) electrons. The van der Waals surface area contributed by atoms with Crippen LogP contribution in [0.4, 0.5) is 5.69 Å². The Morgan fingerprint density at radius 1 is 0.900 bits per heavy atom. The van der Waals surface area contributed by atoms with E-state index in [9.17, 15) is 9.59 Å². The average molecular weight is 405 g/mol. The number of hydrogen-bond donors (Lipinski definition) is 0. The number of carbonyl (C=O) groups is 2. The predicted molar refractivity (Wildman–Crippen MR) is 118 cm³/mol. The first-order valence-electron chi connectivity index (χ1n) is 10.6. The highest BCUT2D eigenvalue weighted by molar-refractivity contribution is 6.37. The van der Waals surface area contributed by atoms with Gasteiger partial charge >= 0.3 is 0 Å². The molecule has 0 N–H and O–H groups in total. The first-order chi connectivity index (χ1) is 14.4. The number of para-hydroxylation sites is 1. The second-order valence-electron chi connectivity index (χ2n) is 8.37. The minimum atomic E-state index is -0.231. The van der Waals surface area contributed by atoms with E-state index in [0.29, 0.717) is 11.3 Å². The van der Waals surface area contributed by atoms with E-state index in [1.165, 1.54) is 10.5 Å². The molecule has 2 aliphatic heterocycles. The Morgan fingerprint density at radius 2 is 1.60 bits per heavy atom. The molecule has 0 bridgehead atoms. The van der Waals surface area contributed by atoms with Gasteiger partial charge in [-0.2, -0.15) is 0 Å². The summed E-state index contributed by atoms with van der Waals surface area (Å²) in [6, 6.07) is 15.4. The lowest BCUT2D eigenvalue weighted by molar-refractivity contribution is -0.138. The normalized spacial score (nSPS) is 16.7. The summed E-state index contributed by atoms with van der Waals surface area (Å²) < 4.78 is 5.74. The molecule has 0 fully saturated rings. The largest absolute Gasteiger partial charge is 0.491 e. The van der Waals surface area contributed by atoms with Crippen LogP contribution in [-0.4, -0.2) is 35.4 Å². The number of ether oxygens (including phenoxy) is 1. The second-order valence-corrected chi connectivity index (χ2v) is 8.37. The number of carbonyl (C=O) groups excluding carboxylic acids is 2. The van der Waals surface area contributed by atoms with E-state index in [4.69, 9.17) is 4.74 Å². The molecular weight excluding hydrogens is 376 g/mol. The number of amides is 2. The standard InChI is InChI=1S/C25H28N2O3/c1-16(2)27-24(28)22(19-11-13-20(14-12-19)30-17(3)4)23(25(27)29)26-15-7-9-18-8-5-6-10-21(18)26/h5-6,8,10-14,16-17H,7,9,15H2,1-4H3. The van der Waals surface area contributed by atoms with E-state index in [1.54, 1.807) is 0 Å². The molecule has 0 aromatic heterocycles. The molecule has 0 aliphatic carbocycles. The highest BCUT2D eigenvalue weighted by Crippen LogP contribution is 2.38. The van der Waals surface area contributed by atoms with Crippen molar-refractivity contribution < 1.29 is 14.3 Å². The molecule has 2 aromatic rings. The predicted octanol–water partition coefficient (Wildman–Crippen LogP) is 4.41. The van der Waals surface area contributed by atoms with Crippen LogP contribution in [0, 0.1) is 0 Å². The van der Waals surface area contributed by atoms with Gasteiger partial charge in [0.15, 0.2) is 0 Å². The number of benzene rings is 2. The van der Waals surface area contributed by atoms with E-state index in [0.717, 1.165) is 36.4 Å². The van der Waals surface area contributed by atoms with Crippen molar-refractivity contribution >= 4 is 23.1 Å². The molecule has 2 aromatic carbocycles. The van der Waals surface area contributed by atoms with Crippen LogP contribution in [0.15, 0.2) is 54.2 Å². The number of imide groups is 1. The number of hydrogen-bond acceptors (Lipinski definition) is 4. The number of anilines is 1. The van der Waals surface area contributed by atoms with Gasteiger partial charge in [-0.3, -0.25) is 14.5 Å². The van der Waals surface area contributed by atoms with Gasteiger partial charge in [0, 0.05) is 18.3 Å². The van der Waals surface area contributed by atoms with E-state index >= 15 is 0 Å². The van der Waals surface area contributed by atoms with Gasteiger partial charge in [-0.25, -0.2) is 0 Å². The Kier molecular flexibility index (Phi) is 5.37. The van der Waals surface area contributed by atoms with Gasteiger partial charge in [0.1, 0.15) is 11.4 Å². The van der Waals surface area contributed by atoms with E-state index in [1.807, 2.05) is 75.1 Å². The fourth-order valence-corrected chi connectivity index (χ4v) is 4.25. The van der Waals surface area contributed by atoms with Crippen molar-refractivity contribution in [1.29, 1.82) is 0 Å². The van der Waals surface area contributed by atoms with Gasteiger partial charge in [-0.1, -0.05) is 30.3 Å². The van der Waals surface area contributed by atoms with E-state index < -0.39 is 0 Å². The van der Waals surface area contributed by atoms with Crippen molar-refractivity contribution in [2.24, 2.45) is 0 Å². The number of rotatable bonds is 5. The van der Waals surface area contributed by atoms with Crippen LogP contribution in [0.1, 0.15) is 45.2 Å². The van der Waals surface area contributed by atoms with Crippen molar-refractivity contribution in [3.05, 3.63) is 65.4 Å². The monoisotopic (exact) mass is 404 g/mol. The van der Waals surface area contributed by atoms with Crippen molar-refractivity contribution in [1.82, 2.24) is 4.90 Å². The van der Waals surface area contributed by atoms with Crippen molar-refractivity contribution in [2.45, 2.75) is 52.7 Å². The van der Waals surface area contributed by atoms with Gasteiger partial charge in [-0.05, 0) is 69.9 Å². The lowest BCUT2D eigenvalue weighted by Crippen LogP contribution is -2.40. The molecule has 2 heterocycles. The summed E-state index contributed by atoms with van der Waals surface area (Å²) in [6.07, 6.45) is 1.99.